The van der Waals surface area contributed by atoms with Gasteiger partial charge in [0.05, 0.1) is 24.5 Å². The topological polar surface area (TPSA) is 73.6 Å². The Morgan fingerprint density at radius 1 is 1.47 bits per heavy atom. The van der Waals surface area contributed by atoms with Gasteiger partial charge in [0.2, 0.25) is 0 Å². The lowest BCUT2D eigenvalue weighted by atomic mass is 9.89. The Morgan fingerprint density at radius 3 is 2.84 bits per heavy atom. The molecule has 1 amide bonds. The van der Waals surface area contributed by atoms with E-state index in [4.69, 9.17) is 15.2 Å². The molecule has 0 spiro atoms. The van der Waals surface area contributed by atoms with Crippen molar-refractivity contribution in [1.82, 2.24) is 5.32 Å². The van der Waals surface area contributed by atoms with Gasteiger partial charge in [-0.25, -0.2) is 0 Å². The second-order valence-electron chi connectivity index (χ2n) is 4.64. The zero-order chi connectivity index (χ0) is 13.8. The van der Waals surface area contributed by atoms with Gasteiger partial charge in [0.1, 0.15) is 5.75 Å². The van der Waals surface area contributed by atoms with Gasteiger partial charge in [0.25, 0.3) is 5.91 Å². The zero-order valence-electron chi connectivity index (χ0n) is 11.3. The molecule has 5 nitrogen and oxygen atoms in total. The van der Waals surface area contributed by atoms with E-state index < -0.39 is 0 Å². The summed E-state index contributed by atoms with van der Waals surface area (Å²) in [6.07, 6.45) is 2.00. The van der Waals surface area contributed by atoms with Gasteiger partial charge in [-0.15, -0.1) is 0 Å². The van der Waals surface area contributed by atoms with Crippen molar-refractivity contribution >= 4 is 11.6 Å². The Kier molecular flexibility index (Phi) is 4.27. The van der Waals surface area contributed by atoms with Crippen LogP contribution in [0.4, 0.5) is 5.69 Å². The van der Waals surface area contributed by atoms with Gasteiger partial charge in [0, 0.05) is 12.6 Å². The number of hydrogen-bond donors (Lipinski definition) is 2. The third-order valence-electron chi connectivity index (χ3n) is 3.36. The van der Waals surface area contributed by atoms with Crippen LogP contribution in [0.15, 0.2) is 18.2 Å². The lowest BCUT2D eigenvalue weighted by Gasteiger charge is -2.35. The van der Waals surface area contributed by atoms with Crippen LogP contribution in [0.2, 0.25) is 0 Å². The number of rotatable bonds is 5. The van der Waals surface area contributed by atoms with E-state index in [0.717, 1.165) is 12.8 Å². The lowest BCUT2D eigenvalue weighted by molar-refractivity contribution is -0.00861. The second-order valence-corrected chi connectivity index (χ2v) is 4.64. The van der Waals surface area contributed by atoms with E-state index in [1.165, 1.54) is 7.11 Å². The third kappa shape index (κ3) is 2.98. The number of hydrogen-bond acceptors (Lipinski definition) is 4. The second kappa shape index (κ2) is 5.93. The highest BCUT2D eigenvalue weighted by atomic mass is 16.5. The predicted octanol–water partition coefficient (Wildman–Crippen LogP) is 1.57. The normalized spacial score (nSPS) is 21.6. The Hall–Kier alpha value is -1.75. The summed E-state index contributed by atoms with van der Waals surface area (Å²) >= 11 is 0. The van der Waals surface area contributed by atoms with Gasteiger partial charge < -0.3 is 20.5 Å². The molecule has 0 aromatic heterocycles. The number of nitrogens with two attached hydrogens (primary N) is 1. The fraction of sp³-hybridized carbons (Fsp3) is 0.500. The number of amides is 1. The first-order chi connectivity index (χ1) is 9.15. The molecule has 5 heteroatoms. The van der Waals surface area contributed by atoms with Crippen LogP contribution in [0, 0.1) is 0 Å². The fourth-order valence-electron chi connectivity index (χ4n) is 2.24. The average molecular weight is 264 g/mol. The quantitative estimate of drug-likeness (QED) is 0.792. The molecule has 1 aliphatic carbocycles. The molecule has 1 aromatic rings. The highest BCUT2D eigenvalue weighted by molar-refractivity contribution is 6.00. The first-order valence-corrected chi connectivity index (χ1v) is 6.50. The number of para-hydroxylation sites is 1. The maximum Gasteiger partial charge on any atom is 0.253 e. The van der Waals surface area contributed by atoms with Crippen LogP contribution in [-0.2, 0) is 4.74 Å². The largest absolute Gasteiger partial charge is 0.495 e. The van der Waals surface area contributed by atoms with Gasteiger partial charge in [-0.1, -0.05) is 6.07 Å². The number of nitrogen functional groups attached to an aromatic ring is 1. The van der Waals surface area contributed by atoms with Crippen LogP contribution in [0.1, 0.15) is 30.1 Å². The number of carbonyl (C=O) groups excluding carboxylic acids is 1. The fourth-order valence-corrected chi connectivity index (χ4v) is 2.24. The number of benzene rings is 1. The molecule has 0 radical (unpaired) electrons. The number of carbonyl (C=O) groups is 1. The summed E-state index contributed by atoms with van der Waals surface area (Å²) in [5, 5.41) is 2.96. The molecule has 0 heterocycles. The highest BCUT2D eigenvalue weighted by Gasteiger charge is 2.31. The minimum atomic E-state index is -0.156. The minimum Gasteiger partial charge on any atom is -0.495 e. The molecule has 2 rings (SSSR count). The average Bonchev–Trinajstić information content (AvgIpc) is 2.36. The molecule has 1 aromatic carbocycles. The van der Waals surface area contributed by atoms with Crippen LogP contribution in [0.25, 0.3) is 0 Å². The maximum absolute atomic E-state index is 12.1. The molecule has 0 unspecified atom stereocenters. The first kappa shape index (κ1) is 13.7. The van der Waals surface area contributed by atoms with Crippen molar-refractivity contribution < 1.29 is 14.3 Å². The van der Waals surface area contributed by atoms with Crippen molar-refractivity contribution in [2.75, 3.05) is 19.5 Å². The Bertz CT molecular complexity index is 456. The number of ether oxygens (including phenoxy) is 2. The van der Waals surface area contributed by atoms with Crippen LogP contribution in [0.3, 0.4) is 0 Å². The molecule has 1 aliphatic rings. The molecule has 0 aliphatic heterocycles. The summed E-state index contributed by atoms with van der Waals surface area (Å²) in [4.78, 5) is 12.1. The van der Waals surface area contributed by atoms with Gasteiger partial charge in [0.15, 0.2) is 0 Å². The summed E-state index contributed by atoms with van der Waals surface area (Å²) in [6.45, 7) is 2.69. The minimum absolute atomic E-state index is 0.156. The summed E-state index contributed by atoms with van der Waals surface area (Å²) in [7, 11) is 1.53. The zero-order valence-corrected chi connectivity index (χ0v) is 11.3. The van der Waals surface area contributed by atoms with Gasteiger partial charge in [-0.2, -0.15) is 0 Å². The van der Waals surface area contributed by atoms with Crippen molar-refractivity contribution in [3.63, 3.8) is 0 Å². The smallest absolute Gasteiger partial charge is 0.253 e. The number of anilines is 1. The van der Waals surface area contributed by atoms with E-state index in [2.05, 4.69) is 5.32 Å². The first-order valence-electron chi connectivity index (χ1n) is 6.50. The summed E-state index contributed by atoms with van der Waals surface area (Å²) in [5.74, 6) is 0.366. The Balaban J connectivity index is 1.94. The Morgan fingerprint density at radius 2 is 2.21 bits per heavy atom. The van der Waals surface area contributed by atoms with Crippen LogP contribution in [0.5, 0.6) is 5.75 Å². The van der Waals surface area contributed by atoms with Crippen molar-refractivity contribution in [3.8, 4) is 5.75 Å². The molecular formula is C14H20N2O3. The summed E-state index contributed by atoms with van der Waals surface area (Å²) in [5.41, 5.74) is 6.73. The van der Waals surface area contributed by atoms with E-state index in [1.54, 1.807) is 18.2 Å². The van der Waals surface area contributed by atoms with E-state index in [0.29, 0.717) is 23.6 Å². The van der Waals surface area contributed by atoms with Gasteiger partial charge in [-0.05, 0) is 31.9 Å². The summed E-state index contributed by atoms with van der Waals surface area (Å²) < 4.78 is 10.6. The molecule has 3 N–H and O–H groups in total. The van der Waals surface area contributed by atoms with Gasteiger partial charge >= 0.3 is 0 Å². The molecule has 1 saturated carbocycles. The number of nitrogens with one attached hydrogen (secondary N) is 1. The molecule has 104 valence electrons. The standard InChI is InChI=1S/C14H20N2O3/c1-3-19-10-7-9(8-10)16-14(17)11-5-4-6-12(18-2)13(11)15/h4-6,9-10H,3,7-8,15H2,1-2H3,(H,16,17). The van der Waals surface area contributed by atoms with Crippen LogP contribution < -0.4 is 15.8 Å². The number of methoxy groups -OCH3 is 1. The SMILES string of the molecule is CCOC1CC(NC(=O)c2cccc(OC)c2N)C1. The highest BCUT2D eigenvalue weighted by Crippen LogP contribution is 2.27. The molecule has 0 saturated heterocycles. The maximum atomic E-state index is 12.1. The predicted molar refractivity (Wildman–Crippen MR) is 73.3 cm³/mol. The summed E-state index contributed by atoms with van der Waals surface area (Å²) in [6, 6.07) is 5.37. The van der Waals surface area contributed by atoms with Gasteiger partial charge in [-0.3, -0.25) is 4.79 Å². The molecule has 1 fully saturated rings. The van der Waals surface area contributed by atoms with Crippen molar-refractivity contribution in [1.29, 1.82) is 0 Å². The van der Waals surface area contributed by atoms with E-state index in [9.17, 15) is 4.79 Å². The lowest BCUT2D eigenvalue weighted by Crippen LogP contribution is -2.47. The Labute approximate surface area is 113 Å². The van der Waals surface area contributed by atoms with Crippen LogP contribution >= 0.6 is 0 Å². The van der Waals surface area contributed by atoms with Crippen LogP contribution in [-0.4, -0.2) is 31.8 Å². The third-order valence-corrected chi connectivity index (χ3v) is 3.36. The molecular weight excluding hydrogens is 244 g/mol. The molecule has 0 atom stereocenters. The van der Waals surface area contributed by atoms with Crippen molar-refractivity contribution in [2.24, 2.45) is 0 Å². The molecule has 19 heavy (non-hydrogen) atoms. The monoisotopic (exact) mass is 264 g/mol. The van der Waals surface area contributed by atoms with E-state index >= 15 is 0 Å². The van der Waals surface area contributed by atoms with E-state index in [1.807, 2.05) is 6.92 Å². The van der Waals surface area contributed by atoms with Crippen molar-refractivity contribution in [3.05, 3.63) is 23.8 Å². The van der Waals surface area contributed by atoms with Crippen molar-refractivity contribution in [2.45, 2.75) is 31.9 Å². The van der Waals surface area contributed by atoms with E-state index in [-0.39, 0.29) is 18.1 Å². The molecule has 0 bridgehead atoms.